The lowest BCUT2D eigenvalue weighted by Gasteiger charge is -2.14. The van der Waals surface area contributed by atoms with Gasteiger partial charge >= 0.3 is 0 Å². The molecule has 5 heteroatoms. The highest BCUT2D eigenvalue weighted by Crippen LogP contribution is 2.13. The van der Waals surface area contributed by atoms with Gasteiger partial charge < -0.3 is 5.32 Å². The van der Waals surface area contributed by atoms with Gasteiger partial charge in [-0.2, -0.15) is 5.10 Å². The molecule has 0 saturated carbocycles. The van der Waals surface area contributed by atoms with Crippen molar-refractivity contribution >= 4 is 21.8 Å². The lowest BCUT2D eigenvalue weighted by atomic mass is 10.1. The molecular formula is C15H18BrN3O. The molecule has 1 amide bonds. The van der Waals surface area contributed by atoms with Gasteiger partial charge in [0, 0.05) is 17.8 Å². The van der Waals surface area contributed by atoms with E-state index in [0.29, 0.717) is 5.56 Å². The van der Waals surface area contributed by atoms with E-state index in [4.69, 9.17) is 0 Å². The first kappa shape index (κ1) is 14.8. The van der Waals surface area contributed by atoms with E-state index in [2.05, 4.69) is 40.2 Å². The quantitative estimate of drug-likeness (QED) is 0.908. The van der Waals surface area contributed by atoms with Crippen LogP contribution in [0, 0.1) is 0 Å². The highest BCUT2D eigenvalue weighted by molar-refractivity contribution is 9.10. The van der Waals surface area contributed by atoms with Crippen molar-refractivity contribution in [1.29, 1.82) is 0 Å². The molecule has 106 valence electrons. The minimum absolute atomic E-state index is 0.0214. The van der Waals surface area contributed by atoms with Crippen LogP contribution in [0.5, 0.6) is 0 Å². The molecule has 1 heterocycles. The second-order valence-electron chi connectivity index (χ2n) is 4.64. The molecule has 0 atom stereocenters. The van der Waals surface area contributed by atoms with Crippen LogP contribution in [0.2, 0.25) is 0 Å². The topological polar surface area (TPSA) is 46.9 Å². The summed E-state index contributed by atoms with van der Waals surface area (Å²) >= 11 is 3.36. The summed E-state index contributed by atoms with van der Waals surface area (Å²) in [6.07, 6.45) is 5.50. The highest BCUT2D eigenvalue weighted by Gasteiger charge is 2.10. The minimum atomic E-state index is -0.0214. The van der Waals surface area contributed by atoms with Crippen LogP contribution in [-0.4, -0.2) is 21.7 Å². The maximum absolute atomic E-state index is 12.1. The number of hydrogen-bond acceptors (Lipinski definition) is 2. The van der Waals surface area contributed by atoms with Gasteiger partial charge in [-0.15, -0.1) is 0 Å². The Morgan fingerprint density at radius 1 is 1.30 bits per heavy atom. The van der Waals surface area contributed by atoms with Gasteiger partial charge in [0.1, 0.15) is 0 Å². The maximum atomic E-state index is 12.1. The molecule has 2 rings (SSSR count). The molecule has 1 N–H and O–H groups in total. The van der Waals surface area contributed by atoms with Crippen LogP contribution < -0.4 is 5.32 Å². The van der Waals surface area contributed by atoms with Crippen LogP contribution in [0.25, 0.3) is 5.69 Å². The Balaban J connectivity index is 2.10. The average Bonchev–Trinajstić information content (AvgIpc) is 2.91. The van der Waals surface area contributed by atoms with Gasteiger partial charge in [-0.1, -0.05) is 13.8 Å². The van der Waals surface area contributed by atoms with Crippen molar-refractivity contribution in [3.05, 3.63) is 46.7 Å². The number of carbonyl (C=O) groups is 1. The Hall–Kier alpha value is -1.62. The van der Waals surface area contributed by atoms with Gasteiger partial charge in [-0.05, 0) is 53.0 Å². The van der Waals surface area contributed by atoms with Crippen molar-refractivity contribution < 1.29 is 4.79 Å². The zero-order valence-corrected chi connectivity index (χ0v) is 13.2. The third kappa shape index (κ3) is 3.48. The molecule has 0 bridgehead atoms. The number of carbonyl (C=O) groups excluding carboxylic acids is 1. The fourth-order valence-corrected chi connectivity index (χ4v) is 2.25. The number of nitrogens with one attached hydrogen (secondary N) is 1. The third-order valence-corrected chi connectivity index (χ3v) is 3.68. The molecule has 20 heavy (non-hydrogen) atoms. The standard InChI is InChI=1S/C15H18BrN3O/c1-3-13(4-2)18-15(20)11-5-7-14(8-6-11)19-10-12(16)9-17-19/h5-10,13H,3-4H2,1-2H3,(H,18,20). The van der Waals surface area contributed by atoms with Crippen molar-refractivity contribution in [3.63, 3.8) is 0 Å². The van der Waals surface area contributed by atoms with E-state index < -0.39 is 0 Å². The van der Waals surface area contributed by atoms with E-state index in [1.165, 1.54) is 0 Å². The Kier molecular flexibility index (Phi) is 4.95. The van der Waals surface area contributed by atoms with Crippen LogP contribution >= 0.6 is 15.9 Å². The van der Waals surface area contributed by atoms with Crippen molar-refractivity contribution in [1.82, 2.24) is 15.1 Å². The third-order valence-electron chi connectivity index (χ3n) is 3.27. The first-order valence-electron chi connectivity index (χ1n) is 6.75. The fraction of sp³-hybridized carbons (Fsp3) is 0.333. The van der Waals surface area contributed by atoms with Crippen LogP contribution in [0.3, 0.4) is 0 Å². The van der Waals surface area contributed by atoms with Gasteiger partial charge in [0.15, 0.2) is 0 Å². The van der Waals surface area contributed by atoms with Gasteiger partial charge in [0.2, 0.25) is 0 Å². The first-order chi connectivity index (χ1) is 9.63. The van der Waals surface area contributed by atoms with E-state index in [0.717, 1.165) is 23.0 Å². The number of amides is 1. The molecule has 0 aliphatic heterocycles. The lowest BCUT2D eigenvalue weighted by molar-refractivity contribution is 0.0935. The van der Waals surface area contributed by atoms with Gasteiger partial charge in [0.25, 0.3) is 5.91 Å². The molecule has 0 radical (unpaired) electrons. The zero-order chi connectivity index (χ0) is 14.5. The van der Waals surface area contributed by atoms with Crippen LogP contribution in [0.4, 0.5) is 0 Å². The van der Waals surface area contributed by atoms with Crippen molar-refractivity contribution in [2.45, 2.75) is 32.7 Å². The fourth-order valence-electron chi connectivity index (χ4n) is 1.97. The van der Waals surface area contributed by atoms with E-state index >= 15 is 0 Å². The molecule has 0 saturated heterocycles. The summed E-state index contributed by atoms with van der Waals surface area (Å²) in [5, 5.41) is 7.23. The lowest BCUT2D eigenvalue weighted by Crippen LogP contribution is -2.33. The van der Waals surface area contributed by atoms with Crippen molar-refractivity contribution in [2.75, 3.05) is 0 Å². The van der Waals surface area contributed by atoms with E-state index in [1.54, 1.807) is 10.9 Å². The van der Waals surface area contributed by atoms with Crippen molar-refractivity contribution in [2.24, 2.45) is 0 Å². The predicted octanol–water partition coefficient (Wildman–Crippen LogP) is 3.55. The Morgan fingerprint density at radius 3 is 2.45 bits per heavy atom. The number of aromatic nitrogens is 2. The minimum Gasteiger partial charge on any atom is -0.349 e. The first-order valence-corrected chi connectivity index (χ1v) is 7.54. The number of benzene rings is 1. The van der Waals surface area contributed by atoms with Gasteiger partial charge in [-0.3, -0.25) is 4.79 Å². The number of nitrogens with zero attached hydrogens (tertiary/aromatic N) is 2. The summed E-state index contributed by atoms with van der Waals surface area (Å²) in [6.45, 7) is 4.15. The Labute approximate surface area is 127 Å². The molecule has 4 nitrogen and oxygen atoms in total. The van der Waals surface area contributed by atoms with Crippen LogP contribution in [-0.2, 0) is 0 Å². The number of halogens is 1. The molecule has 0 spiro atoms. The van der Waals surface area contributed by atoms with Crippen molar-refractivity contribution in [3.8, 4) is 5.69 Å². The van der Waals surface area contributed by atoms with E-state index in [9.17, 15) is 4.79 Å². The predicted molar refractivity (Wildman–Crippen MR) is 83.1 cm³/mol. The SMILES string of the molecule is CCC(CC)NC(=O)c1ccc(-n2cc(Br)cn2)cc1. The van der Waals surface area contributed by atoms with E-state index in [1.807, 2.05) is 30.5 Å². The van der Waals surface area contributed by atoms with Gasteiger partial charge in [0.05, 0.1) is 16.4 Å². The molecular weight excluding hydrogens is 318 g/mol. The molecule has 0 aliphatic rings. The summed E-state index contributed by atoms with van der Waals surface area (Å²) < 4.78 is 2.68. The summed E-state index contributed by atoms with van der Waals surface area (Å²) in [5.41, 5.74) is 1.60. The average molecular weight is 336 g/mol. The summed E-state index contributed by atoms with van der Waals surface area (Å²) in [7, 11) is 0. The number of hydrogen-bond donors (Lipinski definition) is 1. The largest absolute Gasteiger partial charge is 0.349 e. The van der Waals surface area contributed by atoms with Crippen LogP contribution in [0.15, 0.2) is 41.1 Å². The van der Waals surface area contributed by atoms with Gasteiger partial charge in [-0.25, -0.2) is 4.68 Å². The Morgan fingerprint density at radius 2 is 1.95 bits per heavy atom. The summed E-state index contributed by atoms with van der Waals surface area (Å²) in [5.74, 6) is -0.0214. The molecule has 1 aromatic carbocycles. The number of rotatable bonds is 5. The highest BCUT2D eigenvalue weighted by atomic mass is 79.9. The summed E-state index contributed by atoms with van der Waals surface area (Å²) in [4.78, 5) is 12.1. The zero-order valence-electron chi connectivity index (χ0n) is 11.6. The molecule has 0 fully saturated rings. The molecule has 1 aromatic heterocycles. The smallest absolute Gasteiger partial charge is 0.251 e. The summed E-state index contributed by atoms with van der Waals surface area (Å²) in [6, 6.07) is 7.66. The normalized spacial score (nSPS) is 10.8. The molecule has 0 aliphatic carbocycles. The second-order valence-corrected chi connectivity index (χ2v) is 5.55. The van der Waals surface area contributed by atoms with E-state index in [-0.39, 0.29) is 11.9 Å². The second kappa shape index (κ2) is 6.70. The molecule has 2 aromatic rings. The van der Waals surface area contributed by atoms with Crippen LogP contribution in [0.1, 0.15) is 37.0 Å². The Bertz CT molecular complexity index is 573. The maximum Gasteiger partial charge on any atom is 0.251 e. The molecule has 0 unspecified atom stereocenters. The monoisotopic (exact) mass is 335 g/mol.